The highest BCUT2D eigenvalue weighted by atomic mass is 79.9. The smallest absolute Gasteiger partial charge is 0.341 e. The number of fused-ring (bicyclic) bond motifs is 3. The number of halogens is 2. The van der Waals surface area contributed by atoms with E-state index in [0.717, 1.165) is 5.56 Å². The highest BCUT2D eigenvalue weighted by molar-refractivity contribution is 9.10. The van der Waals surface area contributed by atoms with E-state index in [4.69, 9.17) is 15.2 Å². The number of nitrogens with one attached hydrogen (secondary N) is 1. The van der Waals surface area contributed by atoms with Crippen molar-refractivity contribution in [1.82, 2.24) is 0 Å². The zero-order valence-corrected chi connectivity index (χ0v) is 19.7. The predicted octanol–water partition coefficient (Wildman–Crippen LogP) is 3.94. The number of rotatable bonds is 3. The molecule has 2 atom stereocenters. The van der Waals surface area contributed by atoms with Gasteiger partial charge in [-0.05, 0) is 48.7 Å². The Labute approximate surface area is 202 Å². The Morgan fingerprint density at radius 3 is 2.68 bits per heavy atom. The lowest BCUT2D eigenvalue weighted by molar-refractivity contribution is -0.141. The summed E-state index contributed by atoms with van der Waals surface area (Å²) in [6.07, 6.45) is 0.310. The van der Waals surface area contributed by atoms with E-state index in [2.05, 4.69) is 21.2 Å². The summed E-state index contributed by atoms with van der Waals surface area (Å²) in [6.45, 7) is 1.68. The first-order chi connectivity index (χ1) is 16.3. The average Bonchev–Trinajstić information content (AvgIpc) is 3.05. The molecule has 2 aliphatic heterocycles. The Morgan fingerprint density at radius 2 is 1.97 bits per heavy atom. The number of anilines is 1. The van der Waals surface area contributed by atoms with Crippen LogP contribution in [0.15, 0.2) is 69.7 Å². The SMILES string of the molecule is CCOC(=O)C1=C(N)OC2=C(C(=O)C[C@@H](c3ccc(F)cc3)C2)[C@]12C(=O)Nc1ccc(Br)cc12. The summed E-state index contributed by atoms with van der Waals surface area (Å²) in [5.74, 6) is -2.50. The van der Waals surface area contributed by atoms with Crippen LogP contribution in [0.1, 0.15) is 36.8 Å². The summed E-state index contributed by atoms with van der Waals surface area (Å²) < 4.78 is 25.2. The van der Waals surface area contributed by atoms with Crippen LogP contribution in [0.5, 0.6) is 0 Å². The minimum absolute atomic E-state index is 0.0468. The van der Waals surface area contributed by atoms with Gasteiger partial charge in [-0.25, -0.2) is 9.18 Å². The third-order valence-corrected chi connectivity index (χ3v) is 6.94. The van der Waals surface area contributed by atoms with Crippen LogP contribution in [-0.2, 0) is 29.3 Å². The van der Waals surface area contributed by atoms with Crippen molar-refractivity contribution >= 4 is 39.3 Å². The van der Waals surface area contributed by atoms with E-state index in [-0.39, 0.29) is 59.8 Å². The van der Waals surface area contributed by atoms with Crippen LogP contribution in [0.4, 0.5) is 10.1 Å². The van der Waals surface area contributed by atoms with Crippen LogP contribution in [0.2, 0.25) is 0 Å². The molecule has 1 aliphatic carbocycles. The number of allylic oxidation sites excluding steroid dienone is 1. The molecule has 0 unspecified atom stereocenters. The number of esters is 1. The minimum Gasteiger partial charge on any atom is -0.462 e. The van der Waals surface area contributed by atoms with E-state index in [1.54, 1.807) is 37.3 Å². The highest BCUT2D eigenvalue weighted by Crippen LogP contribution is 2.56. The van der Waals surface area contributed by atoms with Crippen molar-refractivity contribution in [2.75, 3.05) is 11.9 Å². The molecule has 3 N–H and O–H groups in total. The molecule has 2 aromatic carbocycles. The molecule has 34 heavy (non-hydrogen) atoms. The summed E-state index contributed by atoms with van der Waals surface area (Å²) in [6, 6.07) is 11.0. The molecule has 9 heteroatoms. The predicted molar refractivity (Wildman–Crippen MR) is 124 cm³/mol. The molecule has 174 valence electrons. The summed E-state index contributed by atoms with van der Waals surface area (Å²) in [7, 11) is 0. The van der Waals surface area contributed by atoms with Crippen molar-refractivity contribution in [1.29, 1.82) is 0 Å². The Kier molecular flexibility index (Phi) is 5.31. The number of carbonyl (C=O) groups is 3. The zero-order chi connectivity index (χ0) is 24.2. The van der Waals surface area contributed by atoms with Crippen molar-refractivity contribution < 1.29 is 28.2 Å². The van der Waals surface area contributed by atoms with Gasteiger partial charge in [0.25, 0.3) is 0 Å². The standard InChI is InChI=1S/C25H20BrFN2O5/c1-2-33-23(31)21-22(28)34-19-10-13(12-3-6-15(27)7-4-12)9-18(30)20(19)25(21)16-11-14(26)5-8-17(16)29-24(25)32/h3-8,11,13H,2,9-10,28H2,1H3,(H,29,32)/t13-,25+/m1/s1. The van der Waals surface area contributed by atoms with Gasteiger partial charge in [-0.2, -0.15) is 0 Å². The minimum atomic E-state index is -1.80. The normalized spacial score (nSPS) is 23.4. The number of nitrogens with two attached hydrogens (primary N) is 1. The fraction of sp³-hybridized carbons (Fsp3) is 0.240. The first-order valence-corrected chi connectivity index (χ1v) is 11.6. The second kappa shape index (κ2) is 8.09. The molecule has 0 bridgehead atoms. The first kappa shape index (κ1) is 22.3. The van der Waals surface area contributed by atoms with Gasteiger partial charge in [0.2, 0.25) is 11.8 Å². The third kappa shape index (κ3) is 3.18. The molecule has 0 aromatic heterocycles. The second-order valence-electron chi connectivity index (χ2n) is 8.33. The number of Topliss-reactive ketones (excluding diaryl/α,β-unsaturated/α-hetero) is 1. The van der Waals surface area contributed by atoms with Crippen LogP contribution in [-0.4, -0.2) is 24.3 Å². The Morgan fingerprint density at radius 1 is 1.24 bits per heavy atom. The maximum atomic E-state index is 13.7. The molecule has 0 saturated heterocycles. The molecule has 0 fully saturated rings. The van der Waals surface area contributed by atoms with Gasteiger partial charge in [-0.1, -0.05) is 28.1 Å². The van der Waals surface area contributed by atoms with Gasteiger partial charge >= 0.3 is 5.97 Å². The van der Waals surface area contributed by atoms with Gasteiger partial charge < -0.3 is 20.5 Å². The molecule has 5 rings (SSSR count). The Balaban J connectivity index is 1.73. The van der Waals surface area contributed by atoms with Crippen molar-refractivity contribution in [3.63, 3.8) is 0 Å². The van der Waals surface area contributed by atoms with Crippen LogP contribution < -0.4 is 11.1 Å². The monoisotopic (exact) mass is 526 g/mol. The van der Waals surface area contributed by atoms with Gasteiger partial charge in [0.15, 0.2) is 5.78 Å². The molecule has 7 nitrogen and oxygen atoms in total. The number of benzene rings is 2. The Bertz CT molecular complexity index is 1320. The fourth-order valence-electron chi connectivity index (χ4n) is 5.08. The molecule has 2 heterocycles. The molecular weight excluding hydrogens is 507 g/mol. The van der Waals surface area contributed by atoms with E-state index in [9.17, 15) is 18.8 Å². The summed E-state index contributed by atoms with van der Waals surface area (Å²) >= 11 is 3.42. The first-order valence-electron chi connectivity index (χ1n) is 10.8. The maximum Gasteiger partial charge on any atom is 0.341 e. The molecule has 1 amide bonds. The molecule has 1 spiro atoms. The van der Waals surface area contributed by atoms with Gasteiger partial charge in [-0.15, -0.1) is 0 Å². The summed E-state index contributed by atoms with van der Waals surface area (Å²) in [5.41, 5.74) is 5.96. The molecule has 0 saturated carbocycles. The van der Waals surface area contributed by atoms with Crippen LogP contribution in [0.3, 0.4) is 0 Å². The van der Waals surface area contributed by atoms with Crippen molar-refractivity contribution in [3.05, 3.63) is 86.7 Å². The van der Waals surface area contributed by atoms with Gasteiger partial charge in [0, 0.05) is 28.6 Å². The van der Waals surface area contributed by atoms with Gasteiger partial charge in [0.05, 0.1) is 12.2 Å². The number of ketones is 1. The van der Waals surface area contributed by atoms with Crippen LogP contribution in [0.25, 0.3) is 0 Å². The number of carbonyl (C=O) groups excluding carboxylic acids is 3. The Hall–Kier alpha value is -3.46. The lowest BCUT2D eigenvalue weighted by Gasteiger charge is -2.40. The zero-order valence-electron chi connectivity index (χ0n) is 18.1. The lowest BCUT2D eigenvalue weighted by Crippen LogP contribution is -2.49. The van der Waals surface area contributed by atoms with Crippen LogP contribution in [0, 0.1) is 5.82 Å². The quantitative estimate of drug-likeness (QED) is 0.586. The van der Waals surface area contributed by atoms with Crippen molar-refractivity contribution in [2.24, 2.45) is 5.73 Å². The highest BCUT2D eigenvalue weighted by Gasteiger charge is 2.62. The number of amides is 1. The van der Waals surface area contributed by atoms with E-state index in [1.165, 1.54) is 12.1 Å². The molecule has 2 aromatic rings. The second-order valence-corrected chi connectivity index (χ2v) is 9.25. The van der Waals surface area contributed by atoms with E-state index >= 15 is 0 Å². The average molecular weight is 527 g/mol. The fourth-order valence-corrected chi connectivity index (χ4v) is 5.44. The topological polar surface area (TPSA) is 108 Å². The summed E-state index contributed by atoms with van der Waals surface area (Å²) in [4.78, 5) is 40.5. The third-order valence-electron chi connectivity index (χ3n) is 6.45. The number of hydrogen-bond donors (Lipinski definition) is 2. The number of hydrogen-bond acceptors (Lipinski definition) is 6. The van der Waals surface area contributed by atoms with Crippen LogP contribution >= 0.6 is 15.9 Å². The molecular formula is C25H20BrFN2O5. The summed E-state index contributed by atoms with van der Waals surface area (Å²) in [5, 5.41) is 2.79. The van der Waals surface area contributed by atoms with Gasteiger partial charge in [0.1, 0.15) is 22.6 Å². The van der Waals surface area contributed by atoms with E-state index in [0.29, 0.717) is 15.7 Å². The molecule has 3 aliphatic rings. The van der Waals surface area contributed by atoms with Gasteiger partial charge in [-0.3, -0.25) is 9.59 Å². The van der Waals surface area contributed by atoms with Crippen molar-refractivity contribution in [2.45, 2.75) is 31.1 Å². The van der Waals surface area contributed by atoms with Crippen molar-refractivity contribution in [3.8, 4) is 0 Å². The van der Waals surface area contributed by atoms with E-state index < -0.39 is 17.3 Å². The maximum absolute atomic E-state index is 13.7. The largest absolute Gasteiger partial charge is 0.462 e. The lowest BCUT2D eigenvalue weighted by atomic mass is 9.63. The molecule has 0 radical (unpaired) electrons. The van der Waals surface area contributed by atoms with E-state index in [1.807, 2.05) is 0 Å². The number of ether oxygens (including phenoxy) is 2.